The van der Waals surface area contributed by atoms with E-state index in [-0.39, 0.29) is 17.8 Å². The van der Waals surface area contributed by atoms with Gasteiger partial charge in [-0.3, -0.25) is 4.79 Å². The molecule has 2 aromatic carbocycles. The fourth-order valence-corrected chi connectivity index (χ4v) is 4.21. The first-order valence-corrected chi connectivity index (χ1v) is 10.6. The van der Waals surface area contributed by atoms with Crippen molar-refractivity contribution in [2.24, 2.45) is 10.6 Å². The lowest BCUT2D eigenvalue weighted by Crippen LogP contribution is -2.46. The molecule has 7 heteroatoms. The lowest BCUT2D eigenvalue weighted by atomic mass is 9.74. The number of hydrogen-bond donors (Lipinski definition) is 1. The highest BCUT2D eigenvalue weighted by Gasteiger charge is 2.43. The molecular weight excluding hydrogens is 399 g/mol. The summed E-state index contributed by atoms with van der Waals surface area (Å²) >= 11 is 0. The normalized spacial score (nSPS) is 19.9. The summed E-state index contributed by atoms with van der Waals surface area (Å²) in [4.78, 5) is 18.9. The Kier molecular flexibility index (Phi) is 6.51. The van der Waals surface area contributed by atoms with Crippen LogP contribution in [0.4, 0.5) is 4.39 Å². The number of nitrogens with zero attached hydrogens (tertiary/aromatic N) is 1. The van der Waals surface area contributed by atoms with Gasteiger partial charge in [0.2, 0.25) is 5.91 Å². The zero-order valence-electron chi connectivity index (χ0n) is 17.6. The molecule has 1 N–H and O–H groups in total. The number of halogens is 1. The second-order valence-electron chi connectivity index (χ2n) is 8.11. The number of amides is 1. The Balaban J connectivity index is 1.40. The number of nitrogens with one attached hydrogen (secondary N) is 1. The molecule has 1 atom stereocenters. The van der Waals surface area contributed by atoms with Crippen LogP contribution < -0.4 is 10.1 Å². The molecule has 0 spiro atoms. The first-order chi connectivity index (χ1) is 15.1. The van der Waals surface area contributed by atoms with Gasteiger partial charge in [0.05, 0.1) is 18.2 Å². The van der Waals surface area contributed by atoms with Crippen molar-refractivity contribution in [2.45, 2.75) is 38.3 Å². The number of benzene rings is 2. The van der Waals surface area contributed by atoms with Crippen LogP contribution in [0.2, 0.25) is 0 Å². The third-order valence-corrected chi connectivity index (χ3v) is 6.05. The molecule has 2 aromatic rings. The molecule has 6 nitrogen and oxygen atoms in total. The summed E-state index contributed by atoms with van der Waals surface area (Å²) in [7, 11) is 1.63. The first-order valence-electron chi connectivity index (χ1n) is 10.6. The molecule has 1 fully saturated rings. The summed E-state index contributed by atoms with van der Waals surface area (Å²) in [6.45, 7) is 1.53. The van der Waals surface area contributed by atoms with E-state index in [9.17, 15) is 9.18 Å². The summed E-state index contributed by atoms with van der Waals surface area (Å²) in [5, 5.41) is 7.26. The molecule has 1 amide bonds. The minimum Gasteiger partial charge on any atom is -0.497 e. The third kappa shape index (κ3) is 5.05. The van der Waals surface area contributed by atoms with Crippen molar-refractivity contribution >= 4 is 11.6 Å². The number of ether oxygens (including phenoxy) is 2. The summed E-state index contributed by atoms with van der Waals surface area (Å²) in [6, 6.07) is 14.0. The van der Waals surface area contributed by atoms with Gasteiger partial charge in [-0.2, -0.15) is 0 Å². The van der Waals surface area contributed by atoms with E-state index in [4.69, 9.17) is 14.3 Å². The Bertz CT molecular complexity index is 939. The fourth-order valence-electron chi connectivity index (χ4n) is 4.21. The predicted octanol–water partition coefficient (Wildman–Crippen LogP) is 3.83. The Labute approximate surface area is 181 Å². The predicted molar refractivity (Wildman–Crippen MR) is 114 cm³/mol. The van der Waals surface area contributed by atoms with E-state index < -0.39 is 5.41 Å². The molecule has 164 valence electrons. The van der Waals surface area contributed by atoms with Crippen molar-refractivity contribution in [3.63, 3.8) is 0 Å². The molecular formula is C24H27FN2O4. The van der Waals surface area contributed by atoms with Crippen molar-refractivity contribution in [3.8, 4) is 5.75 Å². The van der Waals surface area contributed by atoms with E-state index in [1.165, 1.54) is 12.1 Å². The molecule has 0 aromatic heterocycles. The van der Waals surface area contributed by atoms with E-state index in [0.29, 0.717) is 56.7 Å². The van der Waals surface area contributed by atoms with Crippen molar-refractivity contribution < 1.29 is 23.5 Å². The number of carbonyl (C=O) groups excluding carboxylic acids is 1. The molecule has 0 unspecified atom stereocenters. The molecule has 0 saturated carbocycles. The monoisotopic (exact) mass is 426 g/mol. The Hall–Kier alpha value is -2.93. The fraction of sp³-hybridized carbons (Fsp3) is 0.417. The quantitative estimate of drug-likeness (QED) is 0.731. The SMILES string of the molecule is COc1ccc(CNC(=O)C2(C[C@@H]3CC(c4cccc(F)c4)=NO3)CCOCC2)cc1. The highest BCUT2D eigenvalue weighted by Crippen LogP contribution is 2.38. The summed E-state index contributed by atoms with van der Waals surface area (Å²) < 4.78 is 24.3. The number of methoxy groups -OCH3 is 1. The van der Waals surface area contributed by atoms with E-state index in [1.807, 2.05) is 30.3 Å². The van der Waals surface area contributed by atoms with Gasteiger partial charge in [0.15, 0.2) is 0 Å². The van der Waals surface area contributed by atoms with Gasteiger partial charge in [0.25, 0.3) is 0 Å². The molecule has 2 heterocycles. The minimum atomic E-state index is -0.567. The standard InChI is InChI=1S/C24H27FN2O4/c1-29-20-7-5-17(6-8-20)16-26-23(28)24(9-11-30-12-10-24)15-21-14-22(27-31-21)18-3-2-4-19(25)13-18/h2-8,13,21H,9-12,14-16H2,1H3,(H,26,28)/t21-/m0/s1. The Morgan fingerprint density at radius 1 is 1.23 bits per heavy atom. The zero-order valence-corrected chi connectivity index (χ0v) is 17.6. The van der Waals surface area contributed by atoms with Crippen LogP contribution in [0.1, 0.15) is 36.8 Å². The topological polar surface area (TPSA) is 69.2 Å². The molecule has 31 heavy (non-hydrogen) atoms. The Morgan fingerprint density at radius 3 is 2.71 bits per heavy atom. The summed E-state index contributed by atoms with van der Waals surface area (Å²) in [6.07, 6.45) is 2.15. The van der Waals surface area contributed by atoms with Crippen LogP contribution in [0, 0.1) is 11.2 Å². The largest absolute Gasteiger partial charge is 0.497 e. The number of rotatable bonds is 7. The van der Waals surface area contributed by atoms with Gasteiger partial charge in [-0.1, -0.05) is 29.4 Å². The van der Waals surface area contributed by atoms with Crippen LogP contribution in [0.25, 0.3) is 0 Å². The highest BCUT2D eigenvalue weighted by molar-refractivity contribution is 6.01. The summed E-state index contributed by atoms with van der Waals surface area (Å²) in [5.74, 6) is 0.486. The molecule has 0 radical (unpaired) electrons. The molecule has 0 bridgehead atoms. The lowest BCUT2D eigenvalue weighted by molar-refractivity contribution is -0.140. The highest BCUT2D eigenvalue weighted by atomic mass is 19.1. The second-order valence-corrected chi connectivity index (χ2v) is 8.11. The summed E-state index contributed by atoms with van der Waals surface area (Å²) in [5.41, 5.74) is 1.87. The van der Waals surface area contributed by atoms with Gasteiger partial charge in [-0.25, -0.2) is 4.39 Å². The maximum atomic E-state index is 13.6. The van der Waals surface area contributed by atoms with Crippen LogP contribution >= 0.6 is 0 Å². The smallest absolute Gasteiger partial charge is 0.226 e. The maximum absolute atomic E-state index is 13.6. The minimum absolute atomic E-state index is 0.00873. The molecule has 4 rings (SSSR count). The third-order valence-electron chi connectivity index (χ3n) is 6.05. The lowest BCUT2D eigenvalue weighted by Gasteiger charge is -2.37. The van der Waals surface area contributed by atoms with Crippen molar-refractivity contribution in [2.75, 3.05) is 20.3 Å². The van der Waals surface area contributed by atoms with Gasteiger partial charge in [-0.05, 0) is 42.7 Å². The average Bonchev–Trinajstić information content (AvgIpc) is 3.26. The molecule has 0 aliphatic carbocycles. The van der Waals surface area contributed by atoms with Crippen LogP contribution in [0.3, 0.4) is 0 Å². The number of oxime groups is 1. The van der Waals surface area contributed by atoms with E-state index >= 15 is 0 Å². The van der Waals surface area contributed by atoms with Crippen LogP contribution in [-0.4, -0.2) is 38.0 Å². The van der Waals surface area contributed by atoms with Gasteiger partial charge in [0, 0.05) is 38.2 Å². The maximum Gasteiger partial charge on any atom is 0.226 e. The van der Waals surface area contributed by atoms with Crippen LogP contribution in [-0.2, 0) is 20.9 Å². The second kappa shape index (κ2) is 9.47. The van der Waals surface area contributed by atoms with Gasteiger partial charge >= 0.3 is 0 Å². The number of carbonyl (C=O) groups is 1. The number of hydrogen-bond acceptors (Lipinski definition) is 5. The van der Waals surface area contributed by atoms with E-state index in [2.05, 4.69) is 10.5 Å². The molecule has 2 aliphatic heterocycles. The van der Waals surface area contributed by atoms with Crippen molar-refractivity contribution in [1.82, 2.24) is 5.32 Å². The van der Waals surface area contributed by atoms with Gasteiger partial charge in [0.1, 0.15) is 17.7 Å². The average molecular weight is 426 g/mol. The van der Waals surface area contributed by atoms with E-state index in [1.54, 1.807) is 13.2 Å². The van der Waals surface area contributed by atoms with Crippen LogP contribution in [0.15, 0.2) is 53.7 Å². The van der Waals surface area contributed by atoms with Crippen molar-refractivity contribution in [3.05, 3.63) is 65.5 Å². The van der Waals surface area contributed by atoms with Crippen LogP contribution in [0.5, 0.6) is 5.75 Å². The molecule has 2 aliphatic rings. The van der Waals surface area contributed by atoms with Gasteiger partial charge < -0.3 is 19.6 Å². The van der Waals surface area contributed by atoms with Crippen molar-refractivity contribution in [1.29, 1.82) is 0 Å². The first kappa shape index (κ1) is 21.3. The molecule has 1 saturated heterocycles. The zero-order chi connectivity index (χ0) is 21.7. The van der Waals surface area contributed by atoms with Gasteiger partial charge in [-0.15, -0.1) is 0 Å². The Morgan fingerprint density at radius 2 is 2.00 bits per heavy atom. The van der Waals surface area contributed by atoms with E-state index in [0.717, 1.165) is 11.3 Å².